The number of benzene rings is 1. The Hall–Kier alpha value is -3.30. The maximum atomic E-state index is 11.4. The third kappa shape index (κ3) is 4.89. The molecular weight excluding hydrogens is 418 g/mol. The summed E-state index contributed by atoms with van der Waals surface area (Å²) in [6.07, 6.45) is 3.85. The van der Waals surface area contributed by atoms with E-state index < -0.39 is 0 Å². The first-order valence-corrected chi connectivity index (χ1v) is 10.2. The molecule has 0 unspecified atom stereocenters. The minimum absolute atomic E-state index is 0.0487. The van der Waals surface area contributed by atoms with Crippen LogP contribution >= 0.6 is 11.6 Å². The number of hydrogen-bond donors (Lipinski definition) is 5. The topological polar surface area (TPSA) is 123 Å². The number of aliphatic hydroxyl groups is 1. The number of hydrogen-bond acceptors (Lipinski definition) is 6. The molecule has 4 rings (SSSR count). The van der Waals surface area contributed by atoms with Crippen LogP contribution in [0.1, 0.15) is 25.1 Å². The van der Waals surface area contributed by atoms with Crippen LogP contribution in [0.3, 0.4) is 0 Å². The molecule has 0 aliphatic rings. The fourth-order valence-electron chi connectivity index (χ4n) is 3.09. The van der Waals surface area contributed by atoms with Crippen LogP contribution in [0.4, 0.5) is 17.3 Å². The number of anilines is 3. The zero-order valence-electron chi connectivity index (χ0n) is 17.2. The molecule has 0 aliphatic carbocycles. The standard InChI is InChI=1S/C21H24ClN7O2/c1-21(2,12-30)11-24-18-8-17(26-15-5-3-4-14(22)7-15)28-19-13(9-25-29(18)19)6-16-10-23-20(31)27-16/h3-5,7-10,24,30H,6,11-12H2,1-2H3,(H,26,28)(H2,23,27,31). The summed E-state index contributed by atoms with van der Waals surface area (Å²) < 4.78 is 1.72. The molecule has 0 fully saturated rings. The summed E-state index contributed by atoms with van der Waals surface area (Å²) >= 11 is 6.11. The van der Waals surface area contributed by atoms with Gasteiger partial charge in [0.15, 0.2) is 5.65 Å². The van der Waals surface area contributed by atoms with Crippen molar-refractivity contribution in [2.75, 3.05) is 23.8 Å². The van der Waals surface area contributed by atoms with E-state index in [1.807, 2.05) is 38.1 Å². The normalized spacial score (nSPS) is 11.7. The molecule has 10 heteroatoms. The molecule has 0 radical (unpaired) electrons. The second-order valence-corrected chi connectivity index (χ2v) is 8.62. The van der Waals surface area contributed by atoms with Crippen molar-refractivity contribution in [3.63, 3.8) is 0 Å². The van der Waals surface area contributed by atoms with E-state index in [0.29, 0.717) is 29.5 Å². The Labute approximate surface area is 183 Å². The van der Waals surface area contributed by atoms with Crippen LogP contribution in [0.15, 0.2) is 47.5 Å². The van der Waals surface area contributed by atoms with Crippen molar-refractivity contribution in [2.45, 2.75) is 20.3 Å². The van der Waals surface area contributed by atoms with E-state index in [-0.39, 0.29) is 17.7 Å². The first-order valence-electron chi connectivity index (χ1n) is 9.84. The molecule has 0 aliphatic heterocycles. The molecule has 162 valence electrons. The van der Waals surface area contributed by atoms with Gasteiger partial charge in [0.05, 0.1) is 6.20 Å². The van der Waals surface area contributed by atoms with Crippen molar-refractivity contribution in [3.05, 3.63) is 69.5 Å². The third-order valence-electron chi connectivity index (χ3n) is 4.85. The minimum Gasteiger partial charge on any atom is -0.396 e. The number of H-pyrrole nitrogens is 2. The first kappa shape index (κ1) is 21.0. The van der Waals surface area contributed by atoms with Crippen LogP contribution < -0.4 is 16.3 Å². The van der Waals surface area contributed by atoms with Crippen molar-refractivity contribution < 1.29 is 5.11 Å². The van der Waals surface area contributed by atoms with E-state index in [9.17, 15) is 9.90 Å². The lowest BCUT2D eigenvalue weighted by Crippen LogP contribution is -2.27. The summed E-state index contributed by atoms with van der Waals surface area (Å²) in [5, 5.41) is 21.4. The Kier molecular flexibility index (Phi) is 5.71. The van der Waals surface area contributed by atoms with Gasteiger partial charge in [0.1, 0.15) is 11.6 Å². The molecule has 4 aromatic rings. The maximum absolute atomic E-state index is 11.4. The van der Waals surface area contributed by atoms with Crippen molar-refractivity contribution in [1.82, 2.24) is 24.6 Å². The van der Waals surface area contributed by atoms with Gasteiger partial charge in [-0.2, -0.15) is 9.61 Å². The number of halogens is 1. The molecule has 9 nitrogen and oxygen atoms in total. The smallest absolute Gasteiger partial charge is 0.323 e. The number of imidazole rings is 1. The Morgan fingerprint density at radius 3 is 2.84 bits per heavy atom. The van der Waals surface area contributed by atoms with Crippen molar-refractivity contribution >= 4 is 34.6 Å². The van der Waals surface area contributed by atoms with E-state index in [0.717, 1.165) is 22.8 Å². The third-order valence-corrected chi connectivity index (χ3v) is 5.09. The van der Waals surface area contributed by atoms with Gasteiger partial charge in [0.25, 0.3) is 0 Å². The van der Waals surface area contributed by atoms with E-state index in [2.05, 4.69) is 25.7 Å². The van der Waals surface area contributed by atoms with Gasteiger partial charge in [0.2, 0.25) is 0 Å². The molecule has 5 N–H and O–H groups in total. The van der Waals surface area contributed by atoms with Crippen LogP contribution in [0.2, 0.25) is 5.02 Å². The number of nitrogens with zero attached hydrogens (tertiary/aromatic N) is 3. The Morgan fingerprint density at radius 1 is 1.29 bits per heavy atom. The van der Waals surface area contributed by atoms with Gasteiger partial charge in [-0.05, 0) is 18.2 Å². The second kappa shape index (κ2) is 8.44. The van der Waals surface area contributed by atoms with Gasteiger partial charge in [-0.1, -0.05) is 31.5 Å². The second-order valence-electron chi connectivity index (χ2n) is 8.19. The number of rotatable bonds is 8. The summed E-state index contributed by atoms with van der Waals surface area (Å²) in [6, 6.07) is 9.24. The maximum Gasteiger partial charge on any atom is 0.323 e. The highest BCUT2D eigenvalue weighted by molar-refractivity contribution is 6.30. The van der Waals surface area contributed by atoms with Crippen molar-refractivity contribution in [2.24, 2.45) is 5.41 Å². The van der Waals surface area contributed by atoms with Gasteiger partial charge in [-0.3, -0.25) is 0 Å². The van der Waals surface area contributed by atoms with Gasteiger partial charge in [-0.15, -0.1) is 0 Å². The number of aliphatic hydroxyl groups excluding tert-OH is 1. The van der Waals surface area contributed by atoms with Gasteiger partial charge < -0.3 is 25.7 Å². The van der Waals surface area contributed by atoms with E-state index in [1.54, 1.807) is 23.0 Å². The minimum atomic E-state index is -0.309. The SMILES string of the molecule is CC(C)(CO)CNc1cc(Nc2cccc(Cl)c2)nc2c(Cc3c[nH]c(=O)[nH]3)cnn12. The molecule has 0 saturated heterocycles. The van der Waals surface area contributed by atoms with Gasteiger partial charge in [-0.25, -0.2) is 9.78 Å². The number of aromatic amines is 2. The molecule has 3 aromatic heterocycles. The van der Waals surface area contributed by atoms with Crippen LogP contribution in [0, 0.1) is 5.41 Å². The average molecular weight is 442 g/mol. The number of aromatic nitrogens is 5. The summed E-state index contributed by atoms with van der Waals surface area (Å²) in [7, 11) is 0. The summed E-state index contributed by atoms with van der Waals surface area (Å²) in [5.74, 6) is 1.34. The summed E-state index contributed by atoms with van der Waals surface area (Å²) in [5.41, 5.74) is 2.49. The molecule has 0 saturated carbocycles. The van der Waals surface area contributed by atoms with Crippen molar-refractivity contribution in [3.8, 4) is 0 Å². The lowest BCUT2D eigenvalue weighted by molar-refractivity contribution is 0.170. The predicted octanol–water partition coefficient (Wildman–Crippen LogP) is 3.16. The zero-order valence-corrected chi connectivity index (χ0v) is 18.0. The lowest BCUT2D eigenvalue weighted by atomic mass is 9.95. The average Bonchev–Trinajstić information content (AvgIpc) is 3.33. The van der Waals surface area contributed by atoms with E-state index in [4.69, 9.17) is 16.6 Å². The molecule has 3 heterocycles. The molecule has 1 aromatic carbocycles. The largest absolute Gasteiger partial charge is 0.396 e. The summed E-state index contributed by atoms with van der Waals surface area (Å²) in [6.45, 7) is 4.53. The van der Waals surface area contributed by atoms with E-state index >= 15 is 0 Å². The quantitative estimate of drug-likeness (QED) is 0.286. The van der Waals surface area contributed by atoms with Crippen molar-refractivity contribution in [1.29, 1.82) is 0 Å². The fourth-order valence-corrected chi connectivity index (χ4v) is 3.28. The highest BCUT2D eigenvalue weighted by Crippen LogP contribution is 2.25. The number of fused-ring (bicyclic) bond motifs is 1. The molecule has 31 heavy (non-hydrogen) atoms. The van der Waals surface area contributed by atoms with Crippen LogP contribution in [-0.4, -0.2) is 42.8 Å². The molecule has 0 spiro atoms. The molecule has 0 bridgehead atoms. The van der Waals surface area contributed by atoms with Gasteiger partial charge in [0, 0.05) is 59.2 Å². The fraction of sp³-hybridized carbons (Fsp3) is 0.286. The zero-order chi connectivity index (χ0) is 22.0. The Morgan fingerprint density at radius 2 is 2.13 bits per heavy atom. The highest BCUT2D eigenvalue weighted by Gasteiger charge is 2.18. The molecular formula is C21H24ClN7O2. The van der Waals surface area contributed by atoms with E-state index in [1.165, 1.54) is 0 Å². The Bertz CT molecular complexity index is 1260. The van der Waals surface area contributed by atoms with Gasteiger partial charge >= 0.3 is 5.69 Å². The predicted molar refractivity (Wildman–Crippen MR) is 121 cm³/mol. The first-order chi connectivity index (χ1) is 14.8. The summed E-state index contributed by atoms with van der Waals surface area (Å²) in [4.78, 5) is 21.5. The van der Waals surface area contributed by atoms with Crippen LogP contribution in [0.25, 0.3) is 5.65 Å². The van der Waals surface area contributed by atoms with Crippen LogP contribution in [-0.2, 0) is 6.42 Å². The number of nitrogens with one attached hydrogen (secondary N) is 4. The lowest BCUT2D eigenvalue weighted by Gasteiger charge is -2.23. The molecule has 0 amide bonds. The monoisotopic (exact) mass is 441 g/mol. The Balaban J connectivity index is 1.73. The molecule has 0 atom stereocenters. The van der Waals surface area contributed by atoms with Crippen LogP contribution in [0.5, 0.6) is 0 Å². The highest BCUT2D eigenvalue weighted by atomic mass is 35.5.